The van der Waals surface area contributed by atoms with Crippen LogP contribution in [0.1, 0.15) is 63.5 Å². The number of fused-ring (bicyclic) bond motifs is 2. The van der Waals surface area contributed by atoms with E-state index in [0.29, 0.717) is 41.8 Å². The summed E-state index contributed by atoms with van der Waals surface area (Å²) >= 11 is 0. The molecule has 0 aliphatic carbocycles. The summed E-state index contributed by atoms with van der Waals surface area (Å²) < 4.78 is 16.1. The van der Waals surface area contributed by atoms with Gasteiger partial charge in [0.25, 0.3) is 11.1 Å². The summed E-state index contributed by atoms with van der Waals surface area (Å²) in [6.45, 7) is 11.0. The first-order valence-electron chi connectivity index (χ1n) is 20.3. The lowest BCUT2D eigenvalue weighted by Crippen LogP contribution is -2.60. The van der Waals surface area contributed by atoms with Gasteiger partial charge in [0.15, 0.2) is 11.6 Å². The van der Waals surface area contributed by atoms with E-state index in [9.17, 15) is 9.59 Å². The molecule has 0 amide bonds. The number of pyridine rings is 1. The highest BCUT2D eigenvalue weighted by Crippen LogP contribution is 2.46. The van der Waals surface area contributed by atoms with Crippen LogP contribution in [0.2, 0.25) is 0 Å². The SMILES string of the molecule is CCCn1c(OCc2cccc(C)c2)nc2c(c1=O)NC(C1CCN(C)CC1)N2N1c2nc(Oc3ccncc3)n(CCC)c(=O)c2NC1C1CCN(C)CC1. The van der Waals surface area contributed by atoms with Crippen molar-refractivity contribution >= 4 is 23.0 Å². The fourth-order valence-electron chi connectivity index (χ4n) is 8.60. The van der Waals surface area contributed by atoms with E-state index in [4.69, 9.17) is 19.4 Å². The Bertz CT molecular complexity index is 2130. The molecule has 4 aliphatic heterocycles. The third kappa shape index (κ3) is 7.29. The number of rotatable bonds is 12. The van der Waals surface area contributed by atoms with Crippen LogP contribution in [-0.2, 0) is 19.7 Å². The highest BCUT2D eigenvalue weighted by atomic mass is 16.5. The first-order valence-corrected chi connectivity index (χ1v) is 20.3. The lowest BCUT2D eigenvalue weighted by molar-refractivity contribution is 0.189. The van der Waals surface area contributed by atoms with Gasteiger partial charge in [0.2, 0.25) is 0 Å². The number of benzene rings is 1. The minimum atomic E-state index is -0.330. The van der Waals surface area contributed by atoms with Crippen molar-refractivity contribution in [2.75, 3.05) is 60.9 Å². The monoisotopic (exact) mass is 765 g/mol. The molecule has 7 heterocycles. The van der Waals surface area contributed by atoms with Gasteiger partial charge in [-0.15, -0.1) is 0 Å². The second kappa shape index (κ2) is 16.1. The van der Waals surface area contributed by atoms with Crippen LogP contribution in [0.25, 0.3) is 0 Å². The van der Waals surface area contributed by atoms with Gasteiger partial charge < -0.3 is 29.9 Å². The fraction of sp³-hybridized carbons (Fsp3) is 0.537. The Balaban J connectivity index is 1.30. The number of nitrogens with zero attached hydrogens (tertiary/aromatic N) is 9. The van der Waals surface area contributed by atoms with E-state index in [2.05, 4.69) is 68.6 Å². The third-order valence-corrected chi connectivity index (χ3v) is 11.6. The number of hydrogen-bond acceptors (Lipinski definition) is 13. The summed E-state index contributed by atoms with van der Waals surface area (Å²) in [7, 11) is 4.30. The number of aromatic nitrogens is 5. The first kappa shape index (κ1) is 37.8. The Kier molecular flexibility index (Phi) is 10.9. The molecule has 0 bridgehead atoms. The zero-order valence-corrected chi connectivity index (χ0v) is 33.3. The number of likely N-dealkylation sites (tertiary alicyclic amines) is 2. The Morgan fingerprint density at radius 2 is 1.25 bits per heavy atom. The van der Waals surface area contributed by atoms with E-state index in [-0.39, 0.29) is 53.9 Å². The molecular formula is C41H55N11O4. The van der Waals surface area contributed by atoms with Crippen LogP contribution in [0, 0.1) is 18.8 Å². The topological polar surface area (TPSA) is 138 Å². The van der Waals surface area contributed by atoms with E-state index in [1.54, 1.807) is 33.7 Å². The lowest BCUT2D eigenvalue weighted by atomic mass is 9.93. The van der Waals surface area contributed by atoms with Gasteiger partial charge in [0.05, 0.1) is 0 Å². The summed E-state index contributed by atoms with van der Waals surface area (Å²) in [5.74, 6) is 1.82. The molecule has 3 aromatic heterocycles. The molecule has 2 fully saturated rings. The summed E-state index contributed by atoms with van der Waals surface area (Å²) in [5.41, 5.74) is 2.62. The smallest absolute Gasteiger partial charge is 0.306 e. The zero-order chi connectivity index (χ0) is 38.9. The molecule has 4 aliphatic rings. The molecule has 15 heteroatoms. The minimum Gasteiger partial charge on any atom is -0.460 e. The Labute approximate surface area is 328 Å². The van der Waals surface area contributed by atoms with Crippen molar-refractivity contribution in [2.45, 2.75) is 91.3 Å². The molecule has 0 saturated carbocycles. The molecule has 56 heavy (non-hydrogen) atoms. The summed E-state index contributed by atoms with van der Waals surface area (Å²) in [6, 6.07) is 12.2. The maximum absolute atomic E-state index is 14.7. The Morgan fingerprint density at radius 1 is 0.732 bits per heavy atom. The second-order valence-electron chi connectivity index (χ2n) is 15.8. The van der Waals surface area contributed by atoms with E-state index in [1.807, 2.05) is 26.0 Å². The number of hydrazine groups is 1. The molecule has 2 saturated heterocycles. The number of nitrogens with one attached hydrogen (secondary N) is 2. The van der Waals surface area contributed by atoms with Crippen molar-refractivity contribution in [3.05, 3.63) is 80.6 Å². The number of aryl methyl sites for hydroxylation is 1. The number of piperidine rings is 2. The van der Waals surface area contributed by atoms with Crippen molar-refractivity contribution in [3.8, 4) is 17.8 Å². The third-order valence-electron chi connectivity index (χ3n) is 11.6. The van der Waals surface area contributed by atoms with Crippen LogP contribution in [0.4, 0.5) is 23.0 Å². The van der Waals surface area contributed by atoms with Crippen LogP contribution in [0.15, 0.2) is 58.4 Å². The predicted octanol–water partition coefficient (Wildman–Crippen LogP) is 5.11. The van der Waals surface area contributed by atoms with Gasteiger partial charge in [-0.25, -0.2) is 10.0 Å². The van der Waals surface area contributed by atoms with E-state index < -0.39 is 0 Å². The molecule has 1 aromatic carbocycles. The van der Waals surface area contributed by atoms with E-state index in [0.717, 1.165) is 75.8 Å². The van der Waals surface area contributed by atoms with Crippen molar-refractivity contribution < 1.29 is 9.47 Å². The molecule has 0 spiro atoms. The largest absolute Gasteiger partial charge is 0.460 e. The summed E-state index contributed by atoms with van der Waals surface area (Å²) in [5, 5.41) is 11.7. The van der Waals surface area contributed by atoms with Gasteiger partial charge in [-0.1, -0.05) is 43.7 Å². The van der Waals surface area contributed by atoms with Crippen LogP contribution in [0.3, 0.4) is 0 Å². The standard InChI is InChI=1S/C41H55N11O4/c1-6-19-49-38(53)32-36(45-40(49)55-26-28-10-8-9-27(3)25-28)51(34(43-32)29-13-21-47(4)22-14-29)52-35(30-15-23-48(5)24-16-30)44-33-37(52)46-41(50(20-7-2)39(33)54)56-31-11-17-42-18-12-31/h8-12,17-18,25,29-30,34-35,43-44H,6-7,13-16,19-24,26H2,1-5H3. The number of anilines is 4. The molecule has 298 valence electrons. The van der Waals surface area contributed by atoms with Crippen LogP contribution >= 0.6 is 0 Å². The first-order chi connectivity index (χ1) is 27.2. The number of ether oxygens (including phenoxy) is 2. The van der Waals surface area contributed by atoms with Crippen LogP contribution in [-0.4, -0.2) is 86.5 Å². The maximum atomic E-state index is 14.7. The molecule has 2 unspecified atom stereocenters. The highest BCUT2D eigenvalue weighted by molar-refractivity contribution is 5.81. The fourth-order valence-corrected chi connectivity index (χ4v) is 8.60. The van der Waals surface area contributed by atoms with Crippen LogP contribution < -0.4 is 41.2 Å². The van der Waals surface area contributed by atoms with Crippen LogP contribution in [0.5, 0.6) is 17.8 Å². The van der Waals surface area contributed by atoms with E-state index >= 15 is 0 Å². The summed E-state index contributed by atoms with van der Waals surface area (Å²) in [4.78, 5) is 48.6. The average Bonchev–Trinajstić information content (AvgIpc) is 3.76. The van der Waals surface area contributed by atoms with Gasteiger partial charge in [0.1, 0.15) is 36.1 Å². The molecule has 2 N–H and O–H groups in total. The van der Waals surface area contributed by atoms with Gasteiger partial charge in [-0.2, -0.15) is 9.97 Å². The zero-order valence-electron chi connectivity index (χ0n) is 33.3. The van der Waals surface area contributed by atoms with Gasteiger partial charge >= 0.3 is 12.0 Å². The minimum absolute atomic E-state index is 0.170. The van der Waals surface area contributed by atoms with Crippen molar-refractivity contribution in [1.82, 2.24) is 33.9 Å². The molecule has 4 aromatic rings. The molecule has 0 radical (unpaired) electrons. The molecular weight excluding hydrogens is 711 g/mol. The van der Waals surface area contributed by atoms with Crippen molar-refractivity contribution in [1.29, 1.82) is 0 Å². The lowest BCUT2D eigenvalue weighted by Gasteiger charge is -2.45. The quantitative estimate of drug-likeness (QED) is 0.198. The second-order valence-corrected chi connectivity index (χ2v) is 15.8. The predicted molar refractivity (Wildman–Crippen MR) is 218 cm³/mol. The van der Waals surface area contributed by atoms with E-state index in [1.165, 1.54) is 0 Å². The van der Waals surface area contributed by atoms with Gasteiger partial charge in [0, 0.05) is 37.3 Å². The molecule has 15 nitrogen and oxygen atoms in total. The van der Waals surface area contributed by atoms with Crippen molar-refractivity contribution in [3.63, 3.8) is 0 Å². The van der Waals surface area contributed by atoms with Crippen molar-refractivity contribution in [2.24, 2.45) is 11.8 Å². The Hall–Kier alpha value is -5.15. The summed E-state index contributed by atoms with van der Waals surface area (Å²) in [6.07, 6.45) is 7.80. The van der Waals surface area contributed by atoms with Gasteiger partial charge in [-0.05, 0) is 103 Å². The van der Waals surface area contributed by atoms with Gasteiger partial charge in [-0.3, -0.25) is 23.7 Å². The normalized spacial score (nSPS) is 20.4. The molecule has 2 atom stereocenters. The maximum Gasteiger partial charge on any atom is 0.306 e. The number of hydrogen-bond donors (Lipinski definition) is 2. The highest BCUT2D eigenvalue weighted by Gasteiger charge is 2.50. The average molecular weight is 766 g/mol. The molecule has 8 rings (SSSR count). The Morgan fingerprint density at radius 3 is 1.77 bits per heavy atom.